The molecule has 0 heterocycles. The zero-order chi connectivity index (χ0) is 15.6. The zero-order valence-corrected chi connectivity index (χ0v) is 11.1. The first-order valence-electron chi connectivity index (χ1n) is 6.02. The van der Waals surface area contributed by atoms with Gasteiger partial charge < -0.3 is 15.5 Å². The molecule has 2 aromatic rings. The van der Waals surface area contributed by atoms with Crippen LogP contribution in [0.25, 0.3) is 0 Å². The average molecular weight is 289 g/mol. The van der Waals surface area contributed by atoms with Crippen LogP contribution in [-0.4, -0.2) is 22.1 Å². The van der Waals surface area contributed by atoms with Gasteiger partial charge in [-0.2, -0.15) is 0 Å². The normalized spacial score (nSPS) is 10.2. The Balaban J connectivity index is 2.36. The highest BCUT2D eigenvalue weighted by Gasteiger charge is 2.16. The van der Waals surface area contributed by atoms with E-state index >= 15 is 0 Å². The number of phenolic OH excluding ortho intramolecular Hbond substituents is 1. The van der Waals surface area contributed by atoms with Crippen LogP contribution in [0.3, 0.4) is 0 Å². The summed E-state index contributed by atoms with van der Waals surface area (Å²) in [7, 11) is 0. The molecule has 0 unspecified atom stereocenters. The molecule has 0 aromatic heterocycles. The number of carbonyl (C=O) groups is 2. The SMILES string of the molecule is Cc1ccc(NC(=O)c2cc(F)ccc2O)c(C(=O)O)c1. The predicted octanol–water partition coefficient (Wildman–Crippen LogP) is 2.79. The van der Waals surface area contributed by atoms with Crippen molar-refractivity contribution in [2.75, 3.05) is 5.32 Å². The van der Waals surface area contributed by atoms with Crippen molar-refractivity contribution >= 4 is 17.6 Å². The van der Waals surface area contributed by atoms with Crippen LogP contribution in [0.4, 0.5) is 10.1 Å². The number of halogens is 1. The Kier molecular flexibility index (Phi) is 3.89. The lowest BCUT2D eigenvalue weighted by molar-refractivity contribution is 0.0698. The zero-order valence-electron chi connectivity index (χ0n) is 11.1. The average Bonchev–Trinajstić information content (AvgIpc) is 2.43. The van der Waals surface area contributed by atoms with Crippen molar-refractivity contribution in [1.29, 1.82) is 0 Å². The second kappa shape index (κ2) is 5.62. The number of aryl methyl sites for hydroxylation is 1. The maximum atomic E-state index is 13.1. The number of rotatable bonds is 3. The minimum Gasteiger partial charge on any atom is -0.507 e. The van der Waals surface area contributed by atoms with Crippen LogP contribution in [0, 0.1) is 12.7 Å². The number of phenols is 1. The number of carboxylic acid groups (broad SMARTS) is 1. The maximum Gasteiger partial charge on any atom is 0.337 e. The lowest BCUT2D eigenvalue weighted by atomic mass is 10.1. The van der Waals surface area contributed by atoms with Crippen molar-refractivity contribution in [2.24, 2.45) is 0 Å². The van der Waals surface area contributed by atoms with Gasteiger partial charge in [-0.05, 0) is 37.3 Å². The number of nitrogens with one attached hydrogen (secondary N) is 1. The summed E-state index contributed by atoms with van der Waals surface area (Å²) in [5.41, 5.74) is 0.437. The molecule has 108 valence electrons. The van der Waals surface area contributed by atoms with E-state index in [1.165, 1.54) is 12.1 Å². The number of aromatic hydroxyl groups is 1. The van der Waals surface area contributed by atoms with Crippen molar-refractivity contribution in [3.63, 3.8) is 0 Å². The fourth-order valence-corrected chi connectivity index (χ4v) is 1.82. The first-order chi connectivity index (χ1) is 9.88. The van der Waals surface area contributed by atoms with Crippen molar-refractivity contribution in [1.82, 2.24) is 0 Å². The predicted molar refractivity (Wildman–Crippen MR) is 74.2 cm³/mol. The second-order valence-electron chi connectivity index (χ2n) is 4.47. The molecule has 0 fully saturated rings. The number of hydrogen-bond acceptors (Lipinski definition) is 3. The van der Waals surface area contributed by atoms with Crippen LogP contribution in [0.15, 0.2) is 36.4 Å². The molecule has 0 saturated carbocycles. The molecule has 1 amide bonds. The second-order valence-corrected chi connectivity index (χ2v) is 4.47. The number of hydrogen-bond donors (Lipinski definition) is 3. The van der Waals surface area contributed by atoms with Gasteiger partial charge in [0.2, 0.25) is 0 Å². The van der Waals surface area contributed by atoms with Gasteiger partial charge in [-0.25, -0.2) is 9.18 Å². The molecule has 0 saturated heterocycles. The fourth-order valence-electron chi connectivity index (χ4n) is 1.82. The van der Waals surface area contributed by atoms with E-state index in [4.69, 9.17) is 5.11 Å². The summed E-state index contributed by atoms with van der Waals surface area (Å²) in [6, 6.07) is 7.42. The number of anilines is 1. The van der Waals surface area contributed by atoms with E-state index in [1.807, 2.05) is 0 Å². The monoisotopic (exact) mass is 289 g/mol. The van der Waals surface area contributed by atoms with Gasteiger partial charge in [0.15, 0.2) is 0 Å². The molecular weight excluding hydrogens is 277 g/mol. The van der Waals surface area contributed by atoms with E-state index < -0.39 is 23.4 Å². The fraction of sp³-hybridized carbons (Fsp3) is 0.0667. The first-order valence-corrected chi connectivity index (χ1v) is 6.02. The third kappa shape index (κ3) is 3.17. The summed E-state index contributed by atoms with van der Waals surface area (Å²) in [5.74, 6) is -3.06. The molecule has 0 radical (unpaired) electrons. The third-order valence-electron chi connectivity index (χ3n) is 2.86. The van der Waals surface area contributed by atoms with Gasteiger partial charge in [0, 0.05) is 0 Å². The third-order valence-corrected chi connectivity index (χ3v) is 2.86. The Bertz CT molecular complexity index is 728. The van der Waals surface area contributed by atoms with E-state index in [1.54, 1.807) is 13.0 Å². The van der Waals surface area contributed by atoms with Gasteiger partial charge >= 0.3 is 5.97 Å². The summed E-state index contributed by atoms with van der Waals surface area (Å²) in [6.07, 6.45) is 0. The number of benzene rings is 2. The van der Waals surface area contributed by atoms with Crippen LogP contribution < -0.4 is 5.32 Å². The molecule has 0 spiro atoms. The number of carbonyl (C=O) groups excluding carboxylic acids is 1. The van der Waals surface area contributed by atoms with E-state index in [0.717, 1.165) is 23.8 Å². The Hall–Kier alpha value is -2.89. The largest absolute Gasteiger partial charge is 0.507 e. The van der Waals surface area contributed by atoms with Crippen LogP contribution in [0.1, 0.15) is 26.3 Å². The number of carboxylic acids is 1. The summed E-state index contributed by atoms with van der Waals surface area (Å²) in [5, 5.41) is 21.0. The molecule has 3 N–H and O–H groups in total. The minimum absolute atomic E-state index is 0.0711. The molecule has 0 atom stereocenters. The molecule has 6 heteroatoms. The van der Waals surface area contributed by atoms with E-state index in [0.29, 0.717) is 0 Å². The van der Waals surface area contributed by atoms with Crippen LogP contribution >= 0.6 is 0 Å². The molecule has 0 aliphatic heterocycles. The molecule has 0 bridgehead atoms. The topological polar surface area (TPSA) is 86.6 Å². The smallest absolute Gasteiger partial charge is 0.337 e. The van der Waals surface area contributed by atoms with Crippen molar-refractivity contribution < 1.29 is 24.2 Å². The van der Waals surface area contributed by atoms with Gasteiger partial charge in [0.05, 0.1) is 16.8 Å². The van der Waals surface area contributed by atoms with Crippen LogP contribution in [0.5, 0.6) is 5.75 Å². The molecule has 0 aliphatic rings. The van der Waals surface area contributed by atoms with Gasteiger partial charge in [-0.1, -0.05) is 11.6 Å². The molecule has 21 heavy (non-hydrogen) atoms. The summed E-state index contributed by atoms with van der Waals surface area (Å²) < 4.78 is 13.1. The van der Waals surface area contributed by atoms with Crippen LogP contribution in [-0.2, 0) is 0 Å². The Morgan fingerprint density at radius 1 is 1.10 bits per heavy atom. The first kappa shape index (κ1) is 14.5. The Morgan fingerprint density at radius 2 is 1.81 bits per heavy atom. The van der Waals surface area contributed by atoms with Gasteiger partial charge in [0.1, 0.15) is 11.6 Å². The Labute approximate surface area is 119 Å². The number of amides is 1. The molecular formula is C15H12FNO4. The standard InChI is InChI=1S/C15H12FNO4/c1-8-2-4-12(10(6-8)15(20)21)17-14(19)11-7-9(16)3-5-13(11)18/h2-7,18H,1H3,(H,17,19)(H,20,21). The number of aromatic carboxylic acids is 1. The maximum absolute atomic E-state index is 13.1. The summed E-state index contributed by atoms with van der Waals surface area (Å²) in [4.78, 5) is 23.2. The minimum atomic E-state index is -1.20. The van der Waals surface area contributed by atoms with Gasteiger partial charge in [0.25, 0.3) is 5.91 Å². The highest BCUT2D eigenvalue weighted by Crippen LogP contribution is 2.22. The van der Waals surface area contributed by atoms with E-state index in [2.05, 4.69) is 5.32 Å². The van der Waals surface area contributed by atoms with Crippen LogP contribution in [0.2, 0.25) is 0 Å². The van der Waals surface area contributed by atoms with Gasteiger partial charge in [-0.3, -0.25) is 4.79 Å². The van der Waals surface area contributed by atoms with Gasteiger partial charge in [-0.15, -0.1) is 0 Å². The van der Waals surface area contributed by atoms with Crippen molar-refractivity contribution in [3.05, 3.63) is 58.9 Å². The molecule has 0 aliphatic carbocycles. The van der Waals surface area contributed by atoms with Crippen molar-refractivity contribution in [2.45, 2.75) is 6.92 Å². The van der Waals surface area contributed by atoms with Crippen molar-refractivity contribution in [3.8, 4) is 5.75 Å². The highest BCUT2D eigenvalue weighted by atomic mass is 19.1. The van der Waals surface area contributed by atoms with E-state index in [9.17, 15) is 19.1 Å². The summed E-state index contributed by atoms with van der Waals surface area (Å²) >= 11 is 0. The quantitative estimate of drug-likeness (QED) is 0.811. The molecule has 2 aromatic carbocycles. The summed E-state index contributed by atoms with van der Waals surface area (Å²) in [6.45, 7) is 1.72. The lowest BCUT2D eigenvalue weighted by Gasteiger charge is -2.10. The lowest BCUT2D eigenvalue weighted by Crippen LogP contribution is -2.15. The molecule has 2 rings (SSSR count). The highest BCUT2D eigenvalue weighted by molar-refractivity contribution is 6.09. The Morgan fingerprint density at radius 3 is 2.48 bits per heavy atom. The molecule has 5 nitrogen and oxygen atoms in total. The van der Waals surface area contributed by atoms with E-state index in [-0.39, 0.29) is 16.8 Å².